The van der Waals surface area contributed by atoms with Crippen molar-refractivity contribution < 1.29 is 0 Å². The van der Waals surface area contributed by atoms with E-state index in [1.807, 2.05) is 0 Å². The summed E-state index contributed by atoms with van der Waals surface area (Å²) in [6, 6.07) is 0. The van der Waals surface area contributed by atoms with Crippen LogP contribution in [0.15, 0.2) is 16.9 Å². The van der Waals surface area contributed by atoms with Gasteiger partial charge in [-0.05, 0) is 13.8 Å². The van der Waals surface area contributed by atoms with Crippen molar-refractivity contribution in [3.63, 3.8) is 0 Å². The molecule has 0 amide bonds. The second kappa shape index (κ2) is 4.15. The summed E-state index contributed by atoms with van der Waals surface area (Å²) >= 11 is 0. The molecule has 0 aromatic rings. The van der Waals surface area contributed by atoms with E-state index in [4.69, 9.17) is 0 Å². The van der Waals surface area contributed by atoms with Gasteiger partial charge in [-0.3, -0.25) is 4.99 Å². The maximum atomic E-state index is 4.69. The van der Waals surface area contributed by atoms with Gasteiger partial charge in [0.25, 0.3) is 0 Å². The van der Waals surface area contributed by atoms with E-state index in [1.54, 1.807) is 0 Å². The number of hydrogen-bond donors (Lipinski definition) is 0. The summed E-state index contributed by atoms with van der Waals surface area (Å²) in [5, 5.41) is 0. The first-order valence-electron chi connectivity index (χ1n) is 6.05. The van der Waals surface area contributed by atoms with E-state index in [1.165, 1.54) is 5.71 Å². The first-order chi connectivity index (χ1) is 7.03. The lowest BCUT2D eigenvalue weighted by molar-refractivity contribution is 0.567. The van der Waals surface area contributed by atoms with E-state index >= 15 is 0 Å². The van der Waals surface area contributed by atoms with Crippen molar-refractivity contribution >= 4 is 22.0 Å². The zero-order valence-electron chi connectivity index (χ0n) is 12.0. The van der Waals surface area contributed by atoms with Gasteiger partial charge in [-0.25, -0.2) is 0 Å². The van der Waals surface area contributed by atoms with Gasteiger partial charge in [0.2, 0.25) is 0 Å². The molecule has 0 aromatic carbocycles. The number of hydrogen-bond acceptors (Lipinski definition) is 2. The topological polar surface area (TPSA) is 15.6 Å². The van der Waals surface area contributed by atoms with Crippen LogP contribution >= 0.6 is 0 Å². The van der Waals surface area contributed by atoms with E-state index < -0.39 is 16.3 Å². The number of rotatable bonds is 2. The summed E-state index contributed by atoms with van der Waals surface area (Å²) in [5.41, 5.74) is 3.07. The molecule has 16 heavy (non-hydrogen) atoms. The number of aliphatic imine (C=N–C) groups is 1. The van der Waals surface area contributed by atoms with Crippen molar-refractivity contribution in [2.24, 2.45) is 4.99 Å². The summed E-state index contributed by atoms with van der Waals surface area (Å²) < 4.78 is 2.65. The minimum Gasteiger partial charge on any atom is -0.397 e. The monoisotopic (exact) mass is 254 g/mol. The molecule has 1 aliphatic rings. The van der Waals surface area contributed by atoms with Crippen LogP contribution in [-0.2, 0) is 0 Å². The fraction of sp³-hybridized carbons (Fsp3) is 0.750. The maximum Gasteiger partial charge on any atom is 0.147 e. The minimum absolute atomic E-state index is 0.586. The predicted molar refractivity (Wildman–Crippen MR) is 79.2 cm³/mol. The van der Waals surface area contributed by atoms with Gasteiger partial charge in [0.1, 0.15) is 8.24 Å². The normalized spacial score (nSPS) is 23.0. The van der Waals surface area contributed by atoms with Crippen LogP contribution in [0.2, 0.25) is 39.3 Å². The molecular formula is C12H26N2Si2. The Morgan fingerprint density at radius 2 is 1.56 bits per heavy atom. The Kier molecular flexibility index (Phi) is 3.55. The van der Waals surface area contributed by atoms with Gasteiger partial charge in [0.15, 0.2) is 0 Å². The number of nitrogens with zero attached hydrogens (tertiary/aromatic N) is 2. The molecule has 0 spiro atoms. The Morgan fingerprint density at radius 3 is 1.94 bits per heavy atom. The first-order valence-corrected chi connectivity index (χ1v) is 13.1. The summed E-state index contributed by atoms with van der Waals surface area (Å²) in [6.07, 6.45) is 2.29. The third-order valence-corrected chi connectivity index (χ3v) is 7.48. The Bertz CT molecular complexity index is 332. The highest BCUT2D eigenvalue weighted by molar-refractivity contribution is 6.83. The van der Waals surface area contributed by atoms with Crippen LogP contribution in [0.4, 0.5) is 0 Å². The fourth-order valence-corrected chi connectivity index (χ4v) is 8.56. The molecule has 0 bridgehead atoms. The van der Waals surface area contributed by atoms with Crippen molar-refractivity contribution in [1.29, 1.82) is 0 Å². The van der Waals surface area contributed by atoms with Gasteiger partial charge in [-0.15, -0.1) is 0 Å². The van der Waals surface area contributed by atoms with Gasteiger partial charge >= 0.3 is 0 Å². The highest BCUT2D eigenvalue weighted by Gasteiger charge is 2.39. The van der Waals surface area contributed by atoms with Gasteiger partial charge in [0.05, 0.1) is 13.8 Å². The Labute approximate surface area is 103 Å². The highest BCUT2D eigenvalue weighted by atomic mass is 28.3. The fourth-order valence-electron chi connectivity index (χ4n) is 2.47. The molecule has 0 saturated carbocycles. The third-order valence-electron chi connectivity index (χ3n) is 2.95. The zero-order chi connectivity index (χ0) is 12.7. The Hall–Kier alpha value is -0.356. The Balaban J connectivity index is 3.19. The zero-order valence-corrected chi connectivity index (χ0v) is 14.0. The molecule has 1 aliphatic heterocycles. The van der Waals surface area contributed by atoms with Crippen molar-refractivity contribution in [1.82, 2.24) is 4.57 Å². The summed E-state index contributed by atoms with van der Waals surface area (Å²) in [4.78, 5) is 4.69. The molecule has 0 aliphatic carbocycles. The molecule has 1 heterocycles. The second-order valence-corrected chi connectivity index (χ2v) is 17.0. The second-order valence-electron chi connectivity index (χ2n) is 6.87. The van der Waals surface area contributed by atoms with Gasteiger partial charge in [-0.2, -0.15) is 0 Å². The average Bonchev–Trinajstić information content (AvgIpc) is 1.97. The standard InChI is InChI=1S/C12H26N2Si2/c1-10-9-14(16(6,7)8)12(11(2)13-10)15(3,4)5/h9,12H,1-8H3. The highest BCUT2D eigenvalue weighted by Crippen LogP contribution is 2.27. The smallest absolute Gasteiger partial charge is 0.147 e. The van der Waals surface area contributed by atoms with Crippen LogP contribution in [0.25, 0.3) is 0 Å². The van der Waals surface area contributed by atoms with Crippen LogP contribution in [0, 0.1) is 0 Å². The van der Waals surface area contributed by atoms with Crippen molar-refractivity contribution in [3.8, 4) is 0 Å². The SMILES string of the molecule is CC1=CN([Si](C)(C)C)C([Si](C)(C)C)C(C)=N1. The largest absolute Gasteiger partial charge is 0.397 e. The number of allylic oxidation sites excluding steroid dienone is 1. The molecular weight excluding hydrogens is 228 g/mol. The van der Waals surface area contributed by atoms with E-state index in [0.29, 0.717) is 5.67 Å². The van der Waals surface area contributed by atoms with E-state index in [-0.39, 0.29) is 0 Å². The minimum atomic E-state index is -1.30. The lowest BCUT2D eigenvalue weighted by Gasteiger charge is -2.47. The maximum absolute atomic E-state index is 4.69. The first kappa shape index (κ1) is 13.7. The summed E-state index contributed by atoms with van der Waals surface area (Å²) in [7, 11) is -2.54. The molecule has 0 saturated heterocycles. The van der Waals surface area contributed by atoms with E-state index in [2.05, 4.69) is 68.9 Å². The molecule has 1 atom stereocenters. The van der Waals surface area contributed by atoms with E-state index in [0.717, 1.165) is 5.70 Å². The lowest BCUT2D eigenvalue weighted by atomic mass is 10.3. The summed E-state index contributed by atoms with van der Waals surface area (Å²) in [6.45, 7) is 18.9. The van der Waals surface area contributed by atoms with Crippen molar-refractivity contribution in [3.05, 3.63) is 11.9 Å². The molecule has 92 valence electrons. The van der Waals surface area contributed by atoms with Crippen LogP contribution in [0.3, 0.4) is 0 Å². The average molecular weight is 255 g/mol. The molecule has 4 heteroatoms. The quantitative estimate of drug-likeness (QED) is 0.686. The van der Waals surface area contributed by atoms with Crippen LogP contribution in [0.1, 0.15) is 13.8 Å². The summed E-state index contributed by atoms with van der Waals surface area (Å²) in [5.74, 6) is 0. The molecule has 0 aromatic heterocycles. The molecule has 1 rings (SSSR count). The molecule has 0 fully saturated rings. The Morgan fingerprint density at radius 1 is 1.06 bits per heavy atom. The van der Waals surface area contributed by atoms with E-state index in [9.17, 15) is 0 Å². The predicted octanol–water partition coefficient (Wildman–Crippen LogP) is 3.71. The lowest BCUT2D eigenvalue weighted by Crippen LogP contribution is -2.61. The third kappa shape index (κ3) is 2.85. The van der Waals surface area contributed by atoms with Gasteiger partial charge in [-0.1, -0.05) is 39.3 Å². The van der Waals surface area contributed by atoms with Crippen LogP contribution in [-0.4, -0.2) is 32.3 Å². The van der Waals surface area contributed by atoms with Crippen molar-refractivity contribution in [2.75, 3.05) is 0 Å². The van der Waals surface area contributed by atoms with Gasteiger partial charge < -0.3 is 4.57 Å². The molecule has 2 nitrogen and oxygen atoms in total. The van der Waals surface area contributed by atoms with Crippen LogP contribution in [0.5, 0.6) is 0 Å². The molecule has 0 N–H and O–H groups in total. The van der Waals surface area contributed by atoms with Crippen LogP contribution < -0.4 is 0 Å². The molecule has 0 radical (unpaired) electrons. The van der Waals surface area contributed by atoms with Crippen molar-refractivity contribution in [2.45, 2.75) is 58.8 Å². The molecule has 1 unspecified atom stereocenters. The van der Waals surface area contributed by atoms with Gasteiger partial charge in [0, 0.05) is 17.6 Å².